The molecule has 0 atom stereocenters. The van der Waals surface area contributed by atoms with Crippen molar-refractivity contribution >= 4 is 17.0 Å². The van der Waals surface area contributed by atoms with Gasteiger partial charge in [-0.3, -0.25) is 9.78 Å². The zero-order chi connectivity index (χ0) is 19.9. The smallest absolute Gasteiger partial charge is 0.228 e. The summed E-state index contributed by atoms with van der Waals surface area (Å²) in [4.78, 5) is 19.1. The molecule has 0 aliphatic heterocycles. The number of fused-ring (bicyclic) bond motifs is 1. The summed E-state index contributed by atoms with van der Waals surface area (Å²) in [6.45, 7) is 2.85. The molecule has 0 unspecified atom stereocenters. The molecule has 2 aromatic carbocycles. The van der Waals surface area contributed by atoms with Gasteiger partial charge in [-0.15, -0.1) is 35.9 Å². The number of carbonyl (C=O) groups is 1. The fraction of sp³-hybridized carbons (Fsp3) is 0.125. The van der Waals surface area contributed by atoms with Gasteiger partial charge in [-0.2, -0.15) is 4.98 Å². The van der Waals surface area contributed by atoms with Crippen LogP contribution in [0.3, 0.4) is 0 Å². The molecular weight excluding hydrogens is 556 g/mol. The Bertz CT molecular complexity index is 1070. The third-order valence-corrected chi connectivity index (χ3v) is 3.67. The molecule has 0 bridgehead atoms. The number of oxazole rings is 1. The Morgan fingerprint density at radius 3 is 2.27 bits per heavy atom. The van der Waals surface area contributed by atoms with Crippen molar-refractivity contribution < 1.29 is 34.4 Å². The number of pyridine rings is 1. The number of allylic oxidation sites excluding steroid dienone is 2. The number of rotatable bonds is 3. The van der Waals surface area contributed by atoms with Crippen molar-refractivity contribution in [3.63, 3.8) is 0 Å². The van der Waals surface area contributed by atoms with Crippen LogP contribution in [-0.2, 0) is 24.9 Å². The molecule has 0 spiro atoms. The number of carbonyl (C=O) groups excluding carboxylic acids is 1. The van der Waals surface area contributed by atoms with Gasteiger partial charge in [0, 0.05) is 31.7 Å². The van der Waals surface area contributed by atoms with E-state index in [4.69, 9.17) is 9.52 Å². The average Bonchev–Trinajstić information content (AvgIpc) is 3.12. The molecular formula is C24H23IrN2O3-. The number of nitrogens with zero attached hydrogens (tertiary/aromatic N) is 2. The Morgan fingerprint density at radius 2 is 1.70 bits per heavy atom. The minimum absolute atomic E-state index is 0. The molecule has 0 saturated carbocycles. The molecule has 0 saturated heterocycles. The van der Waals surface area contributed by atoms with E-state index in [0.717, 1.165) is 16.8 Å². The van der Waals surface area contributed by atoms with Gasteiger partial charge >= 0.3 is 0 Å². The predicted molar refractivity (Wildman–Crippen MR) is 115 cm³/mol. The van der Waals surface area contributed by atoms with E-state index in [9.17, 15) is 4.79 Å². The van der Waals surface area contributed by atoms with Crippen LogP contribution in [0.4, 0.5) is 0 Å². The number of ketones is 1. The van der Waals surface area contributed by atoms with Crippen LogP contribution < -0.4 is 0 Å². The molecule has 0 fully saturated rings. The molecule has 6 heteroatoms. The fourth-order valence-electron chi connectivity index (χ4n) is 2.52. The molecule has 0 amide bonds. The molecule has 5 nitrogen and oxygen atoms in total. The minimum atomic E-state index is -0.125. The van der Waals surface area contributed by atoms with Gasteiger partial charge in [0.1, 0.15) is 0 Å². The second-order valence-electron chi connectivity index (χ2n) is 6.08. The molecule has 4 aromatic rings. The van der Waals surface area contributed by atoms with Gasteiger partial charge in [0.2, 0.25) is 5.89 Å². The predicted octanol–water partition coefficient (Wildman–Crippen LogP) is 6.03. The van der Waals surface area contributed by atoms with Gasteiger partial charge < -0.3 is 9.52 Å². The van der Waals surface area contributed by atoms with Crippen LogP contribution in [0.1, 0.15) is 21.3 Å². The first-order valence-electron chi connectivity index (χ1n) is 8.71. The monoisotopic (exact) mass is 580 g/mol. The molecule has 1 N–H and O–H groups in total. The zero-order valence-corrected chi connectivity index (χ0v) is 18.3. The first-order chi connectivity index (χ1) is 13.5. The summed E-state index contributed by atoms with van der Waals surface area (Å²) < 4.78 is 5.76. The van der Waals surface area contributed by atoms with Crippen molar-refractivity contribution in [2.24, 2.45) is 0 Å². The van der Waals surface area contributed by atoms with Gasteiger partial charge in [-0.1, -0.05) is 31.7 Å². The van der Waals surface area contributed by atoms with E-state index in [1.165, 1.54) is 19.9 Å². The van der Waals surface area contributed by atoms with Gasteiger partial charge in [-0.05, 0) is 37.7 Å². The van der Waals surface area contributed by atoms with Crippen LogP contribution in [-0.4, -0.2) is 20.9 Å². The molecule has 0 aliphatic carbocycles. The normalized spacial score (nSPS) is 10.3. The summed E-state index contributed by atoms with van der Waals surface area (Å²) in [6.07, 6.45) is 1.17. The summed E-state index contributed by atoms with van der Waals surface area (Å²) >= 11 is 0. The van der Waals surface area contributed by atoms with Crippen molar-refractivity contribution in [2.75, 3.05) is 0 Å². The maximum atomic E-state index is 10.0. The van der Waals surface area contributed by atoms with E-state index < -0.39 is 0 Å². The Kier molecular flexibility index (Phi) is 9.82. The van der Waals surface area contributed by atoms with Crippen molar-refractivity contribution in [3.8, 4) is 22.7 Å². The number of benzene rings is 2. The van der Waals surface area contributed by atoms with Crippen molar-refractivity contribution in [2.45, 2.75) is 21.3 Å². The molecule has 157 valence electrons. The molecule has 30 heavy (non-hydrogen) atoms. The van der Waals surface area contributed by atoms with Gasteiger partial charge in [0.25, 0.3) is 0 Å². The van der Waals surface area contributed by atoms with E-state index in [0.29, 0.717) is 17.1 Å². The third kappa shape index (κ3) is 6.76. The summed E-state index contributed by atoms with van der Waals surface area (Å²) in [5.41, 5.74) is 4.04. The Balaban J connectivity index is 0.000000439. The summed E-state index contributed by atoms with van der Waals surface area (Å²) in [7, 11) is 0. The third-order valence-electron chi connectivity index (χ3n) is 3.67. The molecule has 0 aliphatic rings. The van der Waals surface area contributed by atoms with E-state index in [2.05, 4.69) is 16.0 Å². The van der Waals surface area contributed by atoms with Crippen molar-refractivity contribution in [1.29, 1.82) is 0 Å². The van der Waals surface area contributed by atoms with E-state index >= 15 is 0 Å². The maximum Gasteiger partial charge on any atom is 0.228 e. The summed E-state index contributed by atoms with van der Waals surface area (Å²) in [6, 6.07) is 24.6. The van der Waals surface area contributed by atoms with Crippen LogP contribution in [0.2, 0.25) is 0 Å². The fourth-order valence-corrected chi connectivity index (χ4v) is 2.52. The Labute approximate surface area is 189 Å². The van der Waals surface area contributed by atoms with E-state index in [1.54, 1.807) is 0 Å². The van der Waals surface area contributed by atoms with Crippen molar-refractivity contribution in [3.05, 3.63) is 84.6 Å². The van der Waals surface area contributed by atoms with Gasteiger partial charge in [-0.25, -0.2) is 0 Å². The summed E-state index contributed by atoms with van der Waals surface area (Å²) in [5.74, 6) is 0.528. The Hall–Kier alpha value is -3.08. The number of aliphatic hydroxyl groups is 1. The van der Waals surface area contributed by atoms with Crippen LogP contribution in [0.5, 0.6) is 0 Å². The van der Waals surface area contributed by atoms with E-state index in [1.807, 2.05) is 66.7 Å². The number of hydrogen-bond donors (Lipinski definition) is 1. The van der Waals surface area contributed by atoms with Crippen LogP contribution in [0.25, 0.3) is 33.9 Å². The number of aliphatic hydroxyl groups excluding tert-OH is 1. The average molecular weight is 580 g/mol. The second kappa shape index (κ2) is 11.8. The Morgan fingerprint density at radius 1 is 1.00 bits per heavy atom. The SMILES string of the molecule is C.CC(=O)C=C(C)O.[Ir].[c-]1ccccc1-c1ccc2oc(-c3ccccc3)nc2n1. The first kappa shape index (κ1) is 25.0. The molecule has 1 radical (unpaired) electrons. The van der Waals surface area contributed by atoms with Crippen LogP contribution in [0, 0.1) is 6.07 Å². The molecule has 2 heterocycles. The maximum absolute atomic E-state index is 10.0. The topological polar surface area (TPSA) is 76.2 Å². The van der Waals surface area contributed by atoms with Crippen LogP contribution >= 0.6 is 0 Å². The van der Waals surface area contributed by atoms with Crippen molar-refractivity contribution in [1.82, 2.24) is 9.97 Å². The molecule has 2 aromatic heterocycles. The van der Waals surface area contributed by atoms with Gasteiger partial charge in [0.15, 0.2) is 17.0 Å². The number of aromatic nitrogens is 2. The zero-order valence-electron chi connectivity index (χ0n) is 15.9. The van der Waals surface area contributed by atoms with Gasteiger partial charge in [0.05, 0.1) is 5.76 Å². The second-order valence-corrected chi connectivity index (χ2v) is 6.08. The quantitative estimate of drug-likeness (QED) is 0.182. The molecule has 4 rings (SSSR count). The van der Waals surface area contributed by atoms with Crippen LogP contribution in [0.15, 0.2) is 83.0 Å². The number of hydrogen-bond acceptors (Lipinski definition) is 5. The summed E-state index contributed by atoms with van der Waals surface area (Å²) in [5, 5.41) is 8.36. The largest absolute Gasteiger partial charge is 0.512 e. The standard InChI is InChI=1S/C18H11N2O.C5H8O2.CH4.Ir/c1-3-7-13(8-4-1)15-11-12-16-17(19-15)20-18(21-16)14-9-5-2-6-10-14;1-4(6)3-5(2)7;;/h1-7,9-12H;3,6H,1-2H3;1H4;/q-1;;;. The van der Waals surface area contributed by atoms with E-state index in [-0.39, 0.29) is 39.1 Å². The first-order valence-corrected chi connectivity index (χ1v) is 8.71. The minimum Gasteiger partial charge on any atom is -0.512 e.